The Labute approximate surface area is 98.5 Å². The van der Waals surface area contributed by atoms with Gasteiger partial charge in [-0.2, -0.15) is 0 Å². The third-order valence-electron chi connectivity index (χ3n) is 2.11. The lowest BCUT2D eigenvalue weighted by molar-refractivity contribution is -0.121. The van der Waals surface area contributed by atoms with Crippen LogP contribution in [0.5, 0.6) is 0 Å². The fourth-order valence-electron chi connectivity index (χ4n) is 1.18. The molecule has 0 heterocycles. The summed E-state index contributed by atoms with van der Waals surface area (Å²) in [4.78, 5) is 13.4. The Hall–Kier alpha value is -0.650. The second-order valence-corrected chi connectivity index (χ2v) is 4.00. The maximum absolute atomic E-state index is 11.3. The number of ether oxygens (including phenoxy) is 1. The van der Waals surface area contributed by atoms with Gasteiger partial charge in [-0.1, -0.05) is 0 Å². The Morgan fingerprint density at radius 1 is 1.25 bits per heavy atom. The quantitative estimate of drug-likeness (QED) is 0.506. The molecule has 0 aliphatic heterocycles. The number of amides is 1. The molecule has 96 valence electrons. The van der Waals surface area contributed by atoms with Crippen molar-refractivity contribution in [1.29, 1.82) is 0 Å². The van der Waals surface area contributed by atoms with Gasteiger partial charge in [0.1, 0.15) is 0 Å². The van der Waals surface area contributed by atoms with Crippen LogP contribution in [0.4, 0.5) is 0 Å². The number of likely N-dealkylation sites (N-methyl/N-ethyl adjacent to an activating group) is 1. The minimum absolute atomic E-state index is 0.112. The predicted octanol–water partition coefficient (Wildman–Crippen LogP) is -0.320. The molecular weight excluding hydrogens is 206 g/mol. The van der Waals surface area contributed by atoms with Crippen molar-refractivity contribution in [2.75, 3.05) is 54.0 Å². The normalized spacial score (nSPS) is 10.8. The van der Waals surface area contributed by atoms with Crippen LogP contribution < -0.4 is 10.6 Å². The van der Waals surface area contributed by atoms with E-state index < -0.39 is 0 Å². The van der Waals surface area contributed by atoms with Gasteiger partial charge < -0.3 is 20.3 Å². The van der Waals surface area contributed by atoms with Crippen LogP contribution in [0.2, 0.25) is 0 Å². The number of nitrogens with one attached hydrogen (secondary N) is 2. The summed E-state index contributed by atoms with van der Waals surface area (Å²) in [5.74, 6) is 0.112. The first-order valence-electron chi connectivity index (χ1n) is 5.78. The van der Waals surface area contributed by atoms with Gasteiger partial charge in [0.25, 0.3) is 0 Å². The van der Waals surface area contributed by atoms with Gasteiger partial charge in [-0.25, -0.2) is 0 Å². The Balaban J connectivity index is 3.17. The SMILES string of the molecule is COCCCNCCC(=O)NCCN(C)C. The zero-order valence-electron chi connectivity index (χ0n) is 10.7. The lowest BCUT2D eigenvalue weighted by atomic mass is 10.3. The summed E-state index contributed by atoms with van der Waals surface area (Å²) in [5, 5.41) is 6.07. The summed E-state index contributed by atoms with van der Waals surface area (Å²) in [5.41, 5.74) is 0. The molecule has 0 aromatic rings. The summed E-state index contributed by atoms with van der Waals surface area (Å²) in [6, 6.07) is 0. The van der Waals surface area contributed by atoms with Crippen LogP contribution in [0.25, 0.3) is 0 Å². The molecule has 0 atom stereocenters. The molecule has 5 nitrogen and oxygen atoms in total. The second-order valence-electron chi connectivity index (χ2n) is 4.00. The fraction of sp³-hybridized carbons (Fsp3) is 0.909. The summed E-state index contributed by atoms with van der Waals surface area (Å²) in [7, 11) is 5.67. The second kappa shape index (κ2) is 10.9. The van der Waals surface area contributed by atoms with E-state index in [1.165, 1.54) is 0 Å². The summed E-state index contributed by atoms with van der Waals surface area (Å²) >= 11 is 0. The number of carbonyl (C=O) groups excluding carboxylic acids is 1. The topological polar surface area (TPSA) is 53.6 Å². The summed E-state index contributed by atoms with van der Waals surface area (Å²) in [6.45, 7) is 4.00. The minimum atomic E-state index is 0.112. The molecule has 0 rings (SSSR count). The molecule has 16 heavy (non-hydrogen) atoms. The zero-order chi connectivity index (χ0) is 12.2. The molecule has 0 aromatic carbocycles. The van der Waals surface area contributed by atoms with Gasteiger partial charge in [0.15, 0.2) is 0 Å². The van der Waals surface area contributed by atoms with Gasteiger partial charge in [0, 0.05) is 39.8 Å². The Kier molecular flexibility index (Phi) is 10.4. The lowest BCUT2D eigenvalue weighted by Gasteiger charge is -2.10. The predicted molar refractivity (Wildman–Crippen MR) is 65.5 cm³/mol. The Bertz CT molecular complexity index is 175. The van der Waals surface area contributed by atoms with Crippen molar-refractivity contribution in [3.63, 3.8) is 0 Å². The maximum atomic E-state index is 11.3. The summed E-state index contributed by atoms with van der Waals surface area (Å²) < 4.78 is 4.92. The molecule has 0 radical (unpaired) electrons. The third kappa shape index (κ3) is 11.4. The highest BCUT2D eigenvalue weighted by molar-refractivity contribution is 5.76. The van der Waals surface area contributed by atoms with E-state index in [1.807, 2.05) is 19.0 Å². The first-order valence-corrected chi connectivity index (χ1v) is 5.78. The van der Waals surface area contributed by atoms with E-state index in [4.69, 9.17) is 4.74 Å². The first kappa shape index (κ1) is 15.3. The van der Waals surface area contributed by atoms with Crippen molar-refractivity contribution in [1.82, 2.24) is 15.5 Å². The molecule has 0 aromatic heterocycles. The van der Waals surface area contributed by atoms with Crippen molar-refractivity contribution in [2.24, 2.45) is 0 Å². The third-order valence-corrected chi connectivity index (χ3v) is 2.11. The molecule has 0 spiro atoms. The van der Waals surface area contributed by atoms with E-state index in [9.17, 15) is 4.79 Å². The van der Waals surface area contributed by atoms with Crippen LogP contribution in [-0.4, -0.2) is 64.8 Å². The molecule has 0 aliphatic carbocycles. The highest BCUT2D eigenvalue weighted by Gasteiger charge is 1.99. The zero-order valence-corrected chi connectivity index (χ0v) is 10.7. The molecule has 0 aliphatic rings. The van der Waals surface area contributed by atoms with E-state index in [-0.39, 0.29) is 5.91 Å². The van der Waals surface area contributed by atoms with Gasteiger partial charge in [-0.3, -0.25) is 4.79 Å². The number of hydrogen-bond donors (Lipinski definition) is 2. The Morgan fingerprint density at radius 2 is 2.00 bits per heavy atom. The summed E-state index contributed by atoms with van der Waals surface area (Å²) in [6.07, 6.45) is 1.53. The highest BCUT2D eigenvalue weighted by Crippen LogP contribution is 1.81. The minimum Gasteiger partial charge on any atom is -0.385 e. The van der Waals surface area contributed by atoms with Gasteiger partial charge in [0.05, 0.1) is 0 Å². The van der Waals surface area contributed by atoms with Gasteiger partial charge in [-0.05, 0) is 27.1 Å². The van der Waals surface area contributed by atoms with Gasteiger partial charge in [0.2, 0.25) is 5.91 Å². The molecule has 0 fully saturated rings. The molecular formula is C11H25N3O2. The molecule has 0 bridgehead atoms. The fourth-order valence-corrected chi connectivity index (χ4v) is 1.18. The smallest absolute Gasteiger partial charge is 0.221 e. The molecule has 2 N–H and O–H groups in total. The van der Waals surface area contributed by atoms with Crippen molar-refractivity contribution in [2.45, 2.75) is 12.8 Å². The van der Waals surface area contributed by atoms with E-state index >= 15 is 0 Å². The average Bonchev–Trinajstić information content (AvgIpc) is 2.22. The number of hydrogen-bond acceptors (Lipinski definition) is 4. The van der Waals surface area contributed by atoms with Crippen LogP contribution in [0, 0.1) is 0 Å². The van der Waals surface area contributed by atoms with Crippen molar-refractivity contribution in [3.05, 3.63) is 0 Å². The number of methoxy groups -OCH3 is 1. The maximum Gasteiger partial charge on any atom is 0.221 e. The Morgan fingerprint density at radius 3 is 2.62 bits per heavy atom. The van der Waals surface area contributed by atoms with Crippen LogP contribution in [0.15, 0.2) is 0 Å². The average molecular weight is 231 g/mol. The van der Waals surface area contributed by atoms with E-state index in [2.05, 4.69) is 10.6 Å². The highest BCUT2D eigenvalue weighted by atomic mass is 16.5. The molecule has 0 saturated carbocycles. The van der Waals surface area contributed by atoms with Crippen LogP contribution in [-0.2, 0) is 9.53 Å². The molecule has 0 saturated heterocycles. The van der Waals surface area contributed by atoms with Gasteiger partial charge in [-0.15, -0.1) is 0 Å². The molecule has 1 amide bonds. The lowest BCUT2D eigenvalue weighted by Crippen LogP contribution is -2.33. The molecule has 5 heteroatoms. The number of carbonyl (C=O) groups is 1. The van der Waals surface area contributed by atoms with Gasteiger partial charge >= 0.3 is 0 Å². The van der Waals surface area contributed by atoms with Crippen molar-refractivity contribution < 1.29 is 9.53 Å². The monoisotopic (exact) mass is 231 g/mol. The molecule has 0 unspecified atom stereocenters. The number of nitrogens with zero attached hydrogens (tertiary/aromatic N) is 1. The van der Waals surface area contributed by atoms with E-state index in [0.29, 0.717) is 6.42 Å². The van der Waals surface area contributed by atoms with Crippen molar-refractivity contribution in [3.8, 4) is 0 Å². The van der Waals surface area contributed by atoms with Crippen LogP contribution >= 0.6 is 0 Å². The van der Waals surface area contributed by atoms with E-state index in [1.54, 1.807) is 7.11 Å². The largest absolute Gasteiger partial charge is 0.385 e. The standard InChI is InChI=1S/C11H25N3O2/c1-14(2)9-8-13-11(15)5-7-12-6-4-10-16-3/h12H,4-10H2,1-3H3,(H,13,15). The van der Waals surface area contributed by atoms with Crippen LogP contribution in [0.1, 0.15) is 12.8 Å². The van der Waals surface area contributed by atoms with Crippen LogP contribution in [0.3, 0.4) is 0 Å². The first-order chi connectivity index (χ1) is 7.66. The number of rotatable bonds is 10. The van der Waals surface area contributed by atoms with Crippen molar-refractivity contribution >= 4 is 5.91 Å². The van der Waals surface area contributed by atoms with E-state index in [0.717, 1.165) is 39.2 Å².